The number of halogens is 1. The van der Waals surface area contributed by atoms with E-state index in [1.165, 1.54) is 24.3 Å². The minimum Gasteiger partial charge on any atom is -0.436 e. The van der Waals surface area contributed by atoms with Crippen LogP contribution in [0.2, 0.25) is 5.02 Å². The van der Waals surface area contributed by atoms with Gasteiger partial charge in [-0.25, -0.2) is 18.5 Å². The summed E-state index contributed by atoms with van der Waals surface area (Å²) in [5.41, 5.74) is 2.09. The predicted molar refractivity (Wildman–Crippen MR) is 118 cm³/mol. The topological polar surface area (TPSA) is 115 Å². The average Bonchev–Trinajstić information content (AvgIpc) is 3.24. The number of carbonyl (C=O) groups excluding carboxylic acids is 1. The molecule has 0 atom stereocenters. The molecule has 0 aliphatic heterocycles. The molecule has 0 bridgehead atoms. The number of nitrogens with one attached hydrogen (secondary N) is 1. The zero-order valence-electron chi connectivity index (χ0n) is 15.9. The Morgan fingerprint density at radius 1 is 0.968 bits per heavy atom. The second-order valence-electron chi connectivity index (χ2n) is 6.61. The lowest BCUT2D eigenvalue weighted by Crippen LogP contribution is -2.14. The molecule has 4 aromatic rings. The number of nitrogens with zero attached hydrogens (tertiary/aromatic N) is 1. The molecule has 0 radical (unpaired) electrons. The maximum absolute atomic E-state index is 12.9. The van der Waals surface area contributed by atoms with Crippen molar-refractivity contribution in [2.75, 3.05) is 5.32 Å². The van der Waals surface area contributed by atoms with Gasteiger partial charge in [0.2, 0.25) is 15.9 Å². The zero-order valence-corrected chi connectivity index (χ0v) is 17.5. The third-order valence-corrected chi connectivity index (χ3v) is 5.66. The number of primary sulfonamides is 1. The lowest BCUT2D eigenvalue weighted by molar-refractivity contribution is 0.102. The van der Waals surface area contributed by atoms with Crippen molar-refractivity contribution in [2.24, 2.45) is 5.14 Å². The highest BCUT2D eigenvalue weighted by molar-refractivity contribution is 7.89. The van der Waals surface area contributed by atoms with Crippen LogP contribution in [0.15, 0.2) is 88.3 Å². The number of carbonyl (C=O) groups is 1. The summed E-state index contributed by atoms with van der Waals surface area (Å²) in [6.45, 7) is 0. The van der Waals surface area contributed by atoms with Crippen LogP contribution in [0.1, 0.15) is 10.4 Å². The van der Waals surface area contributed by atoms with E-state index in [1.54, 1.807) is 42.6 Å². The zero-order chi connectivity index (χ0) is 22.0. The van der Waals surface area contributed by atoms with Crippen LogP contribution in [-0.2, 0) is 10.0 Å². The Morgan fingerprint density at radius 2 is 1.65 bits per heavy atom. The molecule has 3 aromatic carbocycles. The van der Waals surface area contributed by atoms with Gasteiger partial charge in [0.25, 0.3) is 5.91 Å². The van der Waals surface area contributed by atoms with Gasteiger partial charge in [-0.2, -0.15) is 0 Å². The molecule has 0 aliphatic carbocycles. The molecule has 3 N–H and O–H groups in total. The second kappa shape index (κ2) is 8.35. The van der Waals surface area contributed by atoms with E-state index in [4.69, 9.17) is 21.2 Å². The summed E-state index contributed by atoms with van der Waals surface area (Å²) in [5, 5.41) is 8.44. The largest absolute Gasteiger partial charge is 0.436 e. The monoisotopic (exact) mass is 453 g/mol. The molecule has 0 aliphatic rings. The van der Waals surface area contributed by atoms with Crippen LogP contribution in [0.3, 0.4) is 0 Å². The third kappa shape index (κ3) is 4.66. The van der Waals surface area contributed by atoms with Gasteiger partial charge < -0.3 is 9.73 Å². The average molecular weight is 454 g/mol. The highest BCUT2D eigenvalue weighted by atomic mass is 35.5. The molecule has 9 heteroatoms. The van der Waals surface area contributed by atoms with Crippen LogP contribution in [0.4, 0.5) is 5.69 Å². The summed E-state index contributed by atoms with van der Waals surface area (Å²) < 4.78 is 28.6. The molecule has 0 spiro atoms. The standard InChI is InChI=1S/C22H16ClN3O4S/c23-15-7-5-14(6-8-15)20-13-25-22(30-20)19-4-2-1-3-18(19)21(27)26-16-9-11-17(12-10-16)31(24,28)29/h1-13H,(H,26,27)(H2,24,28,29). The summed E-state index contributed by atoms with van der Waals surface area (Å²) in [7, 11) is -3.81. The minimum absolute atomic E-state index is 0.0413. The highest BCUT2D eigenvalue weighted by Crippen LogP contribution is 2.29. The smallest absolute Gasteiger partial charge is 0.256 e. The molecule has 31 heavy (non-hydrogen) atoms. The van der Waals surface area contributed by atoms with Gasteiger partial charge >= 0.3 is 0 Å². The van der Waals surface area contributed by atoms with E-state index in [0.717, 1.165) is 5.56 Å². The van der Waals surface area contributed by atoms with E-state index >= 15 is 0 Å². The first kappa shape index (κ1) is 20.8. The number of oxazole rings is 1. The number of anilines is 1. The molecule has 156 valence electrons. The second-order valence-corrected chi connectivity index (χ2v) is 8.60. The molecule has 0 saturated carbocycles. The summed E-state index contributed by atoms with van der Waals surface area (Å²) in [6, 6.07) is 19.6. The van der Waals surface area contributed by atoms with Gasteiger partial charge in [-0.15, -0.1) is 0 Å². The Kier molecular flexibility index (Phi) is 5.60. The predicted octanol–water partition coefficient (Wildman–Crippen LogP) is 4.56. The number of nitrogens with two attached hydrogens (primary N) is 1. The fraction of sp³-hybridized carbons (Fsp3) is 0. The fourth-order valence-electron chi connectivity index (χ4n) is 2.94. The molecule has 1 aromatic heterocycles. The maximum atomic E-state index is 12.9. The number of rotatable bonds is 5. The molecule has 0 saturated heterocycles. The third-order valence-electron chi connectivity index (χ3n) is 4.48. The maximum Gasteiger partial charge on any atom is 0.256 e. The van der Waals surface area contributed by atoms with E-state index in [0.29, 0.717) is 33.5 Å². The lowest BCUT2D eigenvalue weighted by Gasteiger charge is -2.09. The van der Waals surface area contributed by atoms with Gasteiger partial charge in [-0.05, 0) is 60.7 Å². The molecular weight excluding hydrogens is 438 g/mol. The van der Waals surface area contributed by atoms with Crippen molar-refractivity contribution in [1.29, 1.82) is 0 Å². The number of benzene rings is 3. The van der Waals surface area contributed by atoms with Crippen LogP contribution in [0.25, 0.3) is 22.8 Å². The normalized spacial score (nSPS) is 11.3. The van der Waals surface area contributed by atoms with Gasteiger partial charge in [-0.1, -0.05) is 23.7 Å². The number of sulfonamides is 1. The molecule has 1 amide bonds. The summed E-state index contributed by atoms with van der Waals surface area (Å²) in [4.78, 5) is 17.1. The van der Waals surface area contributed by atoms with Crippen LogP contribution in [0.5, 0.6) is 0 Å². The van der Waals surface area contributed by atoms with Crippen molar-refractivity contribution in [3.8, 4) is 22.8 Å². The van der Waals surface area contributed by atoms with Gasteiger partial charge in [0.05, 0.1) is 16.7 Å². The van der Waals surface area contributed by atoms with Crippen molar-refractivity contribution in [2.45, 2.75) is 4.90 Å². The Hall–Kier alpha value is -3.46. The van der Waals surface area contributed by atoms with Crippen molar-refractivity contribution >= 4 is 33.2 Å². The van der Waals surface area contributed by atoms with Gasteiger partial charge in [0.15, 0.2) is 5.76 Å². The van der Waals surface area contributed by atoms with Crippen molar-refractivity contribution in [3.05, 3.63) is 89.6 Å². The van der Waals surface area contributed by atoms with E-state index in [2.05, 4.69) is 10.3 Å². The van der Waals surface area contributed by atoms with E-state index in [1.807, 2.05) is 12.1 Å². The minimum atomic E-state index is -3.81. The molecule has 0 fully saturated rings. The SMILES string of the molecule is NS(=O)(=O)c1ccc(NC(=O)c2ccccc2-c2ncc(-c3ccc(Cl)cc3)o2)cc1. The molecule has 4 rings (SSSR count). The van der Waals surface area contributed by atoms with E-state index < -0.39 is 15.9 Å². The highest BCUT2D eigenvalue weighted by Gasteiger charge is 2.17. The molecule has 0 unspecified atom stereocenters. The first-order chi connectivity index (χ1) is 14.8. The fourth-order valence-corrected chi connectivity index (χ4v) is 3.58. The van der Waals surface area contributed by atoms with Crippen LogP contribution in [0, 0.1) is 0 Å². The molecule has 1 heterocycles. The summed E-state index contributed by atoms with van der Waals surface area (Å²) >= 11 is 5.93. The van der Waals surface area contributed by atoms with Gasteiger partial charge in [0, 0.05) is 21.8 Å². The van der Waals surface area contributed by atoms with Crippen LogP contribution < -0.4 is 10.5 Å². The number of aromatic nitrogens is 1. The Labute approximate surface area is 183 Å². The number of hydrogen-bond acceptors (Lipinski definition) is 5. The lowest BCUT2D eigenvalue weighted by atomic mass is 10.1. The van der Waals surface area contributed by atoms with E-state index in [9.17, 15) is 13.2 Å². The first-order valence-corrected chi connectivity index (χ1v) is 11.0. The Bertz CT molecular complexity index is 1350. The molecule has 7 nitrogen and oxygen atoms in total. The number of amides is 1. The van der Waals surface area contributed by atoms with Crippen molar-refractivity contribution < 1.29 is 17.6 Å². The first-order valence-electron chi connectivity index (χ1n) is 9.07. The quantitative estimate of drug-likeness (QED) is 0.459. The van der Waals surface area contributed by atoms with Crippen molar-refractivity contribution in [3.63, 3.8) is 0 Å². The Morgan fingerprint density at radius 3 is 2.32 bits per heavy atom. The molecular formula is C22H16ClN3O4S. The van der Waals surface area contributed by atoms with Crippen molar-refractivity contribution in [1.82, 2.24) is 4.98 Å². The number of hydrogen-bond donors (Lipinski definition) is 2. The van der Waals surface area contributed by atoms with Gasteiger partial charge in [-0.3, -0.25) is 4.79 Å². The Balaban J connectivity index is 1.60. The summed E-state index contributed by atoms with van der Waals surface area (Å²) in [6.07, 6.45) is 1.58. The van der Waals surface area contributed by atoms with Crippen LogP contribution >= 0.6 is 11.6 Å². The van der Waals surface area contributed by atoms with Crippen LogP contribution in [-0.4, -0.2) is 19.3 Å². The van der Waals surface area contributed by atoms with E-state index in [-0.39, 0.29) is 4.90 Å². The summed E-state index contributed by atoms with van der Waals surface area (Å²) in [5.74, 6) is 0.436. The van der Waals surface area contributed by atoms with Gasteiger partial charge in [0.1, 0.15) is 0 Å².